The lowest BCUT2D eigenvalue weighted by molar-refractivity contribution is -0.134. The summed E-state index contributed by atoms with van der Waals surface area (Å²) < 4.78 is 11.1. The average molecular weight is 332 g/mol. The maximum absolute atomic E-state index is 10.7. The van der Waals surface area contributed by atoms with E-state index in [-0.39, 0.29) is 5.97 Å². The van der Waals surface area contributed by atoms with Crippen molar-refractivity contribution in [3.05, 3.63) is 40.0 Å². The monoisotopic (exact) mass is 332 g/mol. The van der Waals surface area contributed by atoms with E-state index >= 15 is 0 Å². The third-order valence-corrected chi connectivity index (χ3v) is 2.73. The first-order valence-corrected chi connectivity index (χ1v) is 5.93. The minimum Gasteiger partial charge on any atom is -0.492 e. The maximum atomic E-state index is 10.7. The van der Waals surface area contributed by atoms with Gasteiger partial charge >= 0.3 is 5.97 Å². The Labute approximate surface area is 109 Å². The van der Waals surface area contributed by atoms with Gasteiger partial charge in [0.05, 0.1) is 17.3 Å². The van der Waals surface area contributed by atoms with Gasteiger partial charge in [0.1, 0.15) is 5.75 Å². The Morgan fingerprint density at radius 1 is 1.44 bits per heavy atom. The molecule has 3 nitrogen and oxygen atoms in total. The van der Waals surface area contributed by atoms with Crippen LogP contribution in [0.15, 0.2) is 36.4 Å². The number of benzene rings is 1. The van der Waals surface area contributed by atoms with E-state index in [4.69, 9.17) is 4.74 Å². The molecule has 0 amide bonds. The molecule has 0 atom stereocenters. The number of carbonyl (C=O) groups is 1. The van der Waals surface area contributed by atoms with E-state index in [1.165, 1.54) is 13.2 Å². The van der Waals surface area contributed by atoms with E-state index in [0.29, 0.717) is 13.0 Å². The molecule has 0 spiro atoms. The van der Waals surface area contributed by atoms with Crippen molar-refractivity contribution in [1.29, 1.82) is 0 Å². The van der Waals surface area contributed by atoms with Gasteiger partial charge in [-0.25, -0.2) is 4.79 Å². The van der Waals surface area contributed by atoms with Gasteiger partial charge in [-0.2, -0.15) is 0 Å². The Bertz CT molecular complexity index is 374. The lowest BCUT2D eigenvalue weighted by Gasteiger charge is -2.05. The van der Waals surface area contributed by atoms with Crippen LogP contribution in [-0.2, 0) is 9.53 Å². The van der Waals surface area contributed by atoms with Crippen LogP contribution in [0.5, 0.6) is 5.75 Å². The van der Waals surface area contributed by atoms with E-state index < -0.39 is 0 Å². The molecule has 0 aliphatic carbocycles. The van der Waals surface area contributed by atoms with E-state index in [0.717, 1.165) is 9.32 Å². The highest BCUT2D eigenvalue weighted by atomic mass is 127. The number of rotatable bonds is 5. The first-order chi connectivity index (χ1) is 7.74. The van der Waals surface area contributed by atoms with Gasteiger partial charge in [0, 0.05) is 6.08 Å². The Morgan fingerprint density at radius 2 is 2.19 bits per heavy atom. The lowest BCUT2D eigenvalue weighted by atomic mass is 10.3. The molecule has 1 rings (SSSR count). The van der Waals surface area contributed by atoms with Crippen molar-refractivity contribution in [3.63, 3.8) is 0 Å². The van der Waals surface area contributed by atoms with E-state index in [1.54, 1.807) is 6.08 Å². The molecule has 0 heterocycles. The van der Waals surface area contributed by atoms with Crippen LogP contribution in [0.25, 0.3) is 0 Å². The topological polar surface area (TPSA) is 35.5 Å². The second-order valence-corrected chi connectivity index (χ2v) is 4.16. The molecular weight excluding hydrogens is 319 g/mol. The third-order valence-electron chi connectivity index (χ3n) is 1.83. The molecule has 1 aromatic carbocycles. The number of para-hydroxylation sites is 1. The van der Waals surface area contributed by atoms with Crippen molar-refractivity contribution in [2.75, 3.05) is 13.7 Å². The highest BCUT2D eigenvalue weighted by Crippen LogP contribution is 2.19. The second-order valence-electron chi connectivity index (χ2n) is 2.99. The number of methoxy groups -OCH3 is 1. The van der Waals surface area contributed by atoms with Crippen LogP contribution in [0.4, 0.5) is 0 Å². The average Bonchev–Trinajstić information content (AvgIpc) is 2.30. The van der Waals surface area contributed by atoms with Crippen LogP contribution in [0.1, 0.15) is 6.42 Å². The summed E-state index contributed by atoms with van der Waals surface area (Å²) in [5, 5.41) is 0. The molecule has 4 heteroatoms. The minimum atomic E-state index is -0.339. The van der Waals surface area contributed by atoms with Gasteiger partial charge < -0.3 is 9.47 Å². The Morgan fingerprint density at radius 3 is 2.88 bits per heavy atom. The van der Waals surface area contributed by atoms with Crippen LogP contribution >= 0.6 is 22.6 Å². The van der Waals surface area contributed by atoms with Gasteiger partial charge in [-0.3, -0.25) is 0 Å². The summed E-state index contributed by atoms with van der Waals surface area (Å²) in [4.78, 5) is 10.7. The summed E-state index contributed by atoms with van der Waals surface area (Å²) in [6, 6.07) is 7.81. The van der Waals surface area contributed by atoms with Crippen molar-refractivity contribution in [2.45, 2.75) is 6.42 Å². The molecule has 0 saturated carbocycles. The fourth-order valence-electron chi connectivity index (χ4n) is 1.05. The van der Waals surface area contributed by atoms with E-state index in [2.05, 4.69) is 27.3 Å². The summed E-state index contributed by atoms with van der Waals surface area (Å²) in [6.45, 7) is 0.549. The molecule has 0 aliphatic heterocycles. The van der Waals surface area contributed by atoms with Crippen LogP contribution in [0.3, 0.4) is 0 Å². The van der Waals surface area contributed by atoms with Gasteiger partial charge in [0.15, 0.2) is 0 Å². The van der Waals surface area contributed by atoms with E-state index in [9.17, 15) is 4.79 Å². The largest absolute Gasteiger partial charge is 0.492 e. The number of esters is 1. The quantitative estimate of drug-likeness (QED) is 0.360. The molecule has 0 radical (unpaired) electrons. The zero-order valence-electron chi connectivity index (χ0n) is 8.98. The number of ether oxygens (including phenoxy) is 2. The zero-order chi connectivity index (χ0) is 11.8. The first-order valence-electron chi connectivity index (χ1n) is 4.86. The SMILES string of the molecule is COC(=O)/C=C/CCOc1ccccc1I. The summed E-state index contributed by atoms with van der Waals surface area (Å²) >= 11 is 2.22. The molecule has 0 bridgehead atoms. The number of carbonyl (C=O) groups excluding carboxylic acids is 1. The number of hydrogen-bond donors (Lipinski definition) is 0. The van der Waals surface area contributed by atoms with Crippen molar-refractivity contribution in [3.8, 4) is 5.75 Å². The van der Waals surface area contributed by atoms with Crippen molar-refractivity contribution < 1.29 is 14.3 Å². The van der Waals surface area contributed by atoms with Gasteiger partial charge in [0.2, 0.25) is 0 Å². The second kappa shape index (κ2) is 7.27. The molecule has 0 N–H and O–H groups in total. The van der Waals surface area contributed by atoms with Crippen LogP contribution in [0.2, 0.25) is 0 Å². The number of hydrogen-bond acceptors (Lipinski definition) is 3. The van der Waals surface area contributed by atoms with Gasteiger partial charge in [-0.15, -0.1) is 0 Å². The van der Waals surface area contributed by atoms with Gasteiger partial charge in [0.25, 0.3) is 0 Å². The normalized spacial score (nSPS) is 10.4. The fourth-order valence-corrected chi connectivity index (χ4v) is 1.59. The highest BCUT2D eigenvalue weighted by molar-refractivity contribution is 14.1. The zero-order valence-corrected chi connectivity index (χ0v) is 11.1. The van der Waals surface area contributed by atoms with Crippen LogP contribution in [0, 0.1) is 3.57 Å². The molecule has 0 unspecified atom stereocenters. The first kappa shape index (κ1) is 13.0. The smallest absolute Gasteiger partial charge is 0.330 e. The van der Waals surface area contributed by atoms with Crippen molar-refractivity contribution >= 4 is 28.6 Å². The van der Waals surface area contributed by atoms with Crippen LogP contribution in [-0.4, -0.2) is 19.7 Å². The molecule has 0 saturated heterocycles. The molecule has 86 valence electrons. The van der Waals surface area contributed by atoms with E-state index in [1.807, 2.05) is 24.3 Å². The van der Waals surface area contributed by atoms with Crippen molar-refractivity contribution in [2.24, 2.45) is 0 Å². The third kappa shape index (κ3) is 4.65. The number of halogens is 1. The summed E-state index contributed by atoms with van der Waals surface area (Å²) in [6.07, 6.45) is 3.82. The molecule has 0 aliphatic rings. The predicted molar refractivity (Wildman–Crippen MR) is 70.4 cm³/mol. The Kier molecular flexibility index (Phi) is 5.92. The molecular formula is C12H13IO3. The summed E-state index contributed by atoms with van der Waals surface area (Å²) in [5.74, 6) is 0.531. The highest BCUT2D eigenvalue weighted by Gasteiger charge is 1.97. The standard InChI is InChI=1S/C12H13IO3/c1-15-12(14)8-4-5-9-16-11-7-3-2-6-10(11)13/h2-4,6-8H,5,9H2,1H3/b8-4+. The van der Waals surface area contributed by atoms with Crippen LogP contribution < -0.4 is 4.74 Å². The molecule has 1 aromatic rings. The van der Waals surface area contributed by atoms with Crippen molar-refractivity contribution in [1.82, 2.24) is 0 Å². The Balaban J connectivity index is 2.29. The molecule has 0 aromatic heterocycles. The molecule has 0 fully saturated rings. The fraction of sp³-hybridized carbons (Fsp3) is 0.250. The maximum Gasteiger partial charge on any atom is 0.330 e. The lowest BCUT2D eigenvalue weighted by Crippen LogP contribution is -1.98. The summed E-state index contributed by atoms with van der Waals surface area (Å²) in [5.41, 5.74) is 0. The predicted octanol–water partition coefficient (Wildman–Crippen LogP) is 2.79. The molecule has 16 heavy (non-hydrogen) atoms. The van der Waals surface area contributed by atoms with Gasteiger partial charge in [-0.05, 0) is 41.1 Å². The minimum absolute atomic E-state index is 0.339. The Hall–Kier alpha value is -1.04. The summed E-state index contributed by atoms with van der Waals surface area (Å²) in [7, 11) is 1.36. The van der Waals surface area contributed by atoms with Gasteiger partial charge in [-0.1, -0.05) is 18.2 Å².